The Morgan fingerprint density at radius 3 is 3.23 bits per heavy atom. The van der Waals surface area contributed by atoms with E-state index in [2.05, 4.69) is 16.9 Å². The van der Waals surface area contributed by atoms with E-state index < -0.39 is 0 Å². The second-order valence-electron chi connectivity index (χ2n) is 2.44. The van der Waals surface area contributed by atoms with Crippen LogP contribution in [0.1, 0.15) is 0 Å². The highest BCUT2D eigenvalue weighted by molar-refractivity contribution is 7.13. The number of hydrogen-bond acceptors (Lipinski definition) is 3. The molecule has 0 aliphatic carbocycles. The number of thiazole rings is 1. The van der Waals surface area contributed by atoms with E-state index in [0.717, 1.165) is 0 Å². The van der Waals surface area contributed by atoms with Crippen molar-refractivity contribution < 1.29 is 4.79 Å². The predicted octanol–water partition coefficient (Wildman–Crippen LogP) is 1.79. The van der Waals surface area contributed by atoms with E-state index in [1.807, 2.05) is 5.38 Å². The first-order chi connectivity index (χ1) is 6.24. The quantitative estimate of drug-likeness (QED) is 0.751. The van der Waals surface area contributed by atoms with Crippen molar-refractivity contribution in [2.75, 3.05) is 18.9 Å². The van der Waals surface area contributed by atoms with E-state index in [-0.39, 0.29) is 6.03 Å². The second kappa shape index (κ2) is 4.61. The van der Waals surface area contributed by atoms with Gasteiger partial charge in [-0.3, -0.25) is 5.32 Å². The number of nitrogens with zero attached hydrogens (tertiary/aromatic N) is 2. The molecule has 0 saturated heterocycles. The molecule has 0 aliphatic rings. The zero-order valence-corrected chi connectivity index (χ0v) is 8.17. The summed E-state index contributed by atoms with van der Waals surface area (Å²) >= 11 is 1.39. The van der Waals surface area contributed by atoms with E-state index in [9.17, 15) is 4.79 Å². The molecule has 0 aromatic carbocycles. The van der Waals surface area contributed by atoms with Gasteiger partial charge in [-0.1, -0.05) is 6.08 Å². The normalized spacial score (nSPS) is 9.31. The molecule has 1 aromatic rings. The van der Waals surface area contributed by atoms with E-state index in [0.29, 0.717) is 11.7 Å². The first kappa shape index (κ1) is 9.73. The van der Waals surface area contributed by atoms with E-state index in [1.54, 1.807) is 19.3 Å². The summed E-state index contributed by atoms with van der Waals surface area (Å²) in [7, 11) is 1.70. The molecule has 1 rings (SSSR count). The summed E-state index contributed by atoms with van der Waals surface area (Å²) < 4.78 is 0. The zero-order chi connectivity index (χ0) is 9.68. The van der Waals surface area contributed by atoms with E-state index in [4.69, 9.17) is 0 Å². The van der Waals surface area contributed by atoms with Gasteiger partial charge in [-0.05, 0) is 0 Å². The van der Waals surface area contributed by atoms with Crippen LogP contribution in [0.15, 0.2) is 24.2 Å². The lowest BCUT2D eigenvalue weighted by Gasteiger charge is -2.13. The number of amides is 2. The number of anilines is 1. The van der Waals surface area contributed by atoms with Gasteiger partial charge in [0.1, 0.15) is 0 Å². The monoisotopic (exact) mass is 197 g/mol. The molecule has 2 amide bonds. The zero-order valence-electron chi connectivity index (χ0n) is 7.36. The third-order valence-electron chi connectivity index (χ3n) is 1.40. The standard InChI is InChI=1S/C8H11N3OS/c1-3-5-11(2)8(12)10-7-9-4-6-13-7/h3-4,6H,1,5H2,2H3,(H,9,10,12). The number of carbonyl (C=O) groups is 1. The summed E-state index contributed by atoms with van der Waals surface area (Å²) in [6.07, 6.45) is 3.31. The van der Waals surface area contributed by atoms with Gasteiger partial charge in [0.2, 0.25) is 0 Å². The molecule has 70 valence electrons. The van der Waals surface area contributed by atoms with Crippen molar-refractivity contribution in [2.45, 2.75) is 0 Å². The maximum Gasteiger partial charge on any atom is 0.323 e. The fourth-order valence-corrected chi connectivity index (χ4v) is 1.27. The van der Waals surface area contributed by atoms with Crippen LogP contribution < -0.4 is 5.32 Å². The Bertz CT molecular complexity index is 284. The van der Waals surface area contributed by atoms with Crippen molar-refractivity contribution >= 4 is 22.5 Å². The van der Waals surface area contributed by atoms with Crippen LogP contribution in [0, 0.1) is 0 Å². The lowest BCUT2D eigenvalue weighted by molar-refractivity contribution is 0.226. The SMILES string of the molecule is C=CCN(C)C(=O)Nc1nccs1. The number of likely N-dealkylation sites (N-methyl/N-ethyl adjacent to an activating group) is 1. The van der Waals surface area contributed by atoms with E-state index >= 15 is 0 Å². The van der Waals surface area contributed by atoms with E-state index in [1.165, 1.54) is 16.2 Å². The summed E-state index contributed by atoms with van der Waals surface area (Å²) in [6.45, 7) is 4.07. The van der Waals surface area contributed by atoms with Gasteiger partial charge in [-0.2, -0.15) is 0 Å². The van der Waals surface area contributed by atoms with Gasteiger partial charge in [0, 0.05) is 25.2 Å². The Balaban J connectivity index is 2.45. The Morgan fingerprint density at radius 1 is 1.92 bits per heavy atom. The van der Waals surface area contributed by atoms with Crippen LogP contribution in [0.2, 0.25) is 0 Å². The first-order valence-corrected chi connectivity index (χ1v) is 4.64. The Kier molecular flexibility index (Phi) is 3.45. The molecule has 13 heavy (non-hydrogen) atoms. The van der Waals surface area contributed by atoms with Crippen LogP contribution in [0.5, 0.6) is 0 Å². The maximum absolute atomic E-state index is 11.3. The minimum atomic E-state index is -0.171. The molecule has 0 spiro atoms. The molecule has 0 radical (unpaired) electrons. The van der Waals surface area contributed by atoms with Crippen molar-refractivity contribution in [1.29, 1.82) is 0 Å². The predicted molar refractivity (Wildman–Crippen MR) is 54.0 cm³/mol. The fourth-order valence-electron chi connectivity index (χ4n) is 0.749. The molecular weight excluding hydrogens is 186 g/mol. The molecule has 1 N–H and O–H groups in total. The van der Waals surface area contributed by atoms with Crippen molar-refractivity contribution in [1.82, 2.24) is 9.88 Å². The Hall–Kier alpha value is -1.36. The minimum absolute atomic E-state index is 0.171. The number of rotatable bonds is 3. The van der Waals surface area contributed by atoms with Crippen LogP contribution in [-0.2, 0) is 0 Å². The smallest absolute Gasteiger partial charge is 0.323 e. The fraction of sp³-hybridized carbons (Fsp3) is 0.250. The highest BCUT2D eigenvalue weighted by atomic mass is 32.1. The summed E-state index contributed by atoms with van der Waals surface area (Å²) in [6, 6.07) is -0.171. The van der Waals surface area contributed by atoms with Crippen LogP contribution in [0.3, 0.4) is 0 Å². The molecule has 0 unspecified atom stereocenters. The van der Waals surface area contributed by atoms with Gasteiger partial charge in [-0.25, -0.2) is 9.78 Å². The topological polar surface area (TPSA) is 45.2 Å². The highest BCUT2D eigenvalue weighted by Crippen LogP contribution is 2.10. The lowest BCUT2D eigenvalue weighted by atomic mass is 10.6. The molecule has 1 aromatic heterocycles. The van der Waals surface area contributed by atoms with Gasteiger partial charge in [-0.15, -0.1) is 17.9 Å². The largest absolute Gasteiger partial charge is 0.324 e. The molecular formula is C8H11N3OS. The molecule has 5 heteroatoms. The van der Waals surface area contributed by atoms with Gasteiger partial charge in [0.25, 0.3) is 0 Å². The number of aromatic nitrogens is 1. The Morgan fingerprint density at radius 2 is 2.69 bits per heavy atom. The van der Waals surface area contributed by atoms with Crippen molar-refractivity contribution in [2.24, 2.45) is 0 Å². The molecule has 0 aliphatic heterocycles. The number of nitrogens with one attached hydrogen (secondary N) is 1. The summed E-state index contributed by atoms with van der Waals surface area (Å²) in [4.78, 5) is 16.8. The number of carbonyl (C=O) groups excluding carboxylic acids is 1. The van der Waals surface area contributed by atoms with Crippen molar-refractivity contribution in [3.63, 3.8) is 0 Å². The average molecular weight is 197 g/mol. The average Bonchev–Trinajstić information content (AvgIpc) is 2.57. The number of hydrogen-bond donors (Lipinski definition) is 1. The first-order valence-electron chi connectivity index (χ1n) is 3.76. The lowest BCUT2D eigenvalue weighted by Crippen LogP contribution is -2.31. The van der Waals surface area contributed by atoms with Gasteiger partial charge >= 0.3 is 6.03 Å². The van der Waals surface area contributed by atoms with Crippen molar-refractivity contribution in [3.8, 4) is 0 Å². The third kappa shape index (κ3) is 2.87. The molecule has 0 saturated carbocycles. The molecule has 4 nitrogen and oxygen atoms in total. The molecule has 1 heterocycles. The summed E-state index contributed by atoms with van der Waals surface area (Å²) in [5.41, 5.74) is 0. The molecule has 0 atom stereocenters. The van der Waals surface area contributed by atoms with Gasteiger partial charge < -0.3 is 4.90 Å². The third-order valence-corrected chi connectivity index (χ3v) is 2.08. The molecule has 0 bridgehead atoms. The summed E-state index contributed by atoms with van der Waals surface area (Å²) in [5.74, 6) is 0. The van der Waals surface area contributed by atoms with Crippen LogP contribution in [0.25, 0.3) is 0 Å². The number of urea groups is 1. The van der Waals surface area contributed by atoms with Crippen LogP contribution in [0.4, 0.5) is 9.93 Å². The van der Waals surface area contributed by atoms with Gasteiger partial charge in [0.05, 0.1) is 0 Å². The van der Waals surface area contributed by atoms with Crippen molar-refractivity contribution in [3.05, 3.63) is 24.2 Å². The Labute approximate surface area is 80.9 Å². The highest BCUT2D eigenvalue weighted by Gasteiger charge is 2.07. The molecule has 0 fully saturated rings. The van der Waals surface area contributed by atoms with Gasteiger partial charge in [0.15, 0.2) is 5.13 Å². The summed E-state index contributed by atoms with van der Waals surface area (Å²) in [5, 5.41) is 5.07. The minimum Gasteiger partial charge on any atom is -0.324 e. The van der Waals surface area contributed by atoms with Crippen LogP contribution >= 0.6 is 11.3 Å². The second-order valence-corrected chi connectivity index (χ2v) is 3.33. The maximum atomic E-state index is 11.3. The van der Waals surface area contributed by atoms with Crippen LogP contribution in [-0.4, -0.2) is 29.5 Å².